The Labute approximate surface area is 218 Å². The topological polar surface area (TPSA) is 113 Å². The van der Waals surface area contributed by atoms with E-state index in [0.29, 0.717) is 98.0 Å². The Bertz CT molecular complexity index is 465. The normalized spacial score (nSPS) is 21.3. The number of rotatable bonds is 25. The average molecular weight is 543 g/mol. The predicted octanol–water partition coefficient (Wildman–Crippen LogP) is 1.07. The third-order valence-electron chi connectivity index (χ3n) is 5.97. The number of hydrogen-bond donors (Lipinski definition) is 1. The highest BCUT2D eigenvalue weighted by Gasteiger charge is 2.37. The molecule has 0 aromatic heterocycles. The van der Waals surface area contributed by atoms with Crippen LogP contribution in [0.3, 0.4) is 0 Å². The van der Waals surface area contributed by atoms with Crippen LogP contribution in [0.1, 0.15) is 32.1 Å². The summed E-state index contributed by atoms with van der Waals surface area (Å²) in [5.74, 6) is -0.693. The first-order valence-electron chi connectivity index (χ1n) is 12.9. The van der Waals surface area contributed by atoms with Crippen molar-refractivity contribution in [2.24, 2.45) is 5.92 Å². The summed E-state index contributed by atoms with van der Waals surface area (Å²) in [6, 6.07) is 0. The van der Waals surface area contributed by atoms with Crippen LogP contribution in [0.15, 0.2) is 0 Å². The molecule has 36 heavy (non-hydrogen) atoms. The first-order valence-corrected chi connectivity index (χ1v) is 14.5. The van der Waals surface area contributed by atoms with E-state index in [9.17, 15) is 5.11 Å². The van der Waals surface area contributed by atoms with E-state index < -0.39 is 15.1 Å². The highest BCUT2D eigenvalue weighted by molar-refractivity contribution is 6.46. The van der Waals surface area contributed by atoms with Crippen LogP contribution in [-0.4, -0.2) is 134 Å². The van der Waals surface area contributed by atoms with Gasteiger partial charge in [0.25, 0.3) is 0 Å². The van der Waals surface area contributed by atoms with Crippen molar-refractivity contribution < 1.29 is 51.9 Å². The maximum atomic E-state index is 10.8. The molecule has 0 saturated heterocycles. The van der Waals surface area contributed by atoms with Gasteiger partial charge in [-0.2, -0.15) is 0 Å². The molecule has 1 rings (SSSR count). The van der Waals surface area contributed by atoms with E-state index in [1.165, 1.54) is 0 Å². The Balaban J connectivity index is 2.44. The van der Waals surface area contributed by atoms with Crippen LogP contribution < -0.4 is 0 Å². The van der Waals surface area contributed by atoms with Gasteiger partial charge in [-0.15, -0.1) is 0 Å². The van der Waals surface area contributed by atoms with E-state index in [4.69, 9.17) is 46.7 Å². The number of hydrogen-bond acceptors (Lipinski definition) is 11. The maximum Gasteiger partial charge on any atom is 0.351 e. The monoisotopic (exact) mass is 542 g/mol. The number of aliphatic hydroxyl groups is 1. The van der Waals surface area contributed by atoms with Crippen molar-refractivity contribution in [3.63, 3.8) is 0 Å². The SMILES string of the molecule is COCCOCCO[SiH](OCCOCCOC)C(CC1CCC(O)(OCCOCCOC)CC1)OC. The van der Waals surface area contributed by atoms with Crippen LogP contribution in [-0.2, 0) is 46.7 Å². The number of ether oxygens (including phenoxy) is 8. The maximum absolute atomic E-state index is 10.8. The summed E-state index contributed by atoms with van der Waals surface area (Å²) in [5.41, 5.74) is -0.116. The second-order valence-electron chi connectivity index (χ2n) is 8.67. The fraction of sp³-hybridized carbons (Fsp3) is 1.00. The first-order chi connectivity index (χ1) is 17.6. The van der Waals surface area contributed by atoms with Crippen molar-refractivity contribution in [3.8, 4) is 0 Å². The molecule has 1 aliphatic carbocycles. The molecule has 1 fully saturated rings. The van der Waals surface area contributed by atoms with E-state index >= 15 is 0 Å². The van der Waals surface area contributed by atoms with Gasteiger partial charge in [0.15, 0.2) is 5.79 Å². The first kappa shape index (κ1) is 33.8. The zero-order valence-electron chi connectivity index (χ0n) is 22.8. The minimum Gasteiger partial charge on any atom is -0.393 e. The summed E-state index contributed by atoms with van der Waals surface area (Å²) in [7, 11) is 4.46. The molecular formula is C24H50O11Si. The largest absolute Gasteiger partial charge is 0.393 e. The van der Waals surface area contributed by atoms with E-state index in [1.54, 1.807) is 28.4 Å². The molecule has 0 spiro atoms. The van der Waals surface area contributed by atoms with Gasteiger partial charge in [-0.25, -0.2) is 0 Å². The minimum atomic E-state index is -2.17. The Morgan fingerprint density at radius 3 is 1.56 bits per heavy atom. The van der Waals surface area contributed by atoms with Crippen LogP contribution in [0, 0.1) is 5.92 Å². The lowest BCUT2D eigenvalue weighted by Crippen LogP contribution is -2.43. The van der Waals surface area contributed by atoms with Crippen LogP contribution in [0.5, 0.6) is 0 Å². The smallest absolute Gasteiger partial charge is 0.351 e. The van der Waals surface area contributed by atoms with Crippen molar-refractivity contribution in [2.75, 3.05) is 108 Å². The zero-order chi connectivity index (χ0) is 26.3. The third kappa shape index (κ3) is 16.6. The van der Waals surface area contributed by atoms with Gasteiger partial charge in [0.1, 0.15) is 0 Å². The molecule has 0 amide bonds. The van der Waals surface area contributed by atoms with Gasteiger partial charge in [0, 0.05) is 41.3 Å². The summed E-state index contributed by atoms with van der Waals surface area (Å²) in [4.78, 5) is 0. The van der Waals surface area contributed by atoms with Gasteiger partial charge in [-0.3, -0.25) is 0 Å². The average Bonchev–Trinajstić information content (AvgIpc) is 2.89. The molecule has 0 aromatic rings. The molecule has 1 unspecified atom stereocenters. The second-order valence-corrected chi connectivity index (χ2v) is 10.8. The molecule has 216 valence electrons. The van der Waals surface area contributed by atoms with Crippen molar-refractivity contribution in [3.05, 3.63) is 0 Å². The summed E-state index contributed by atoms with van der Waals surface area (Å²) in [6.45, 7) is 5.85. The fourth-order valence-electron chi connectivity index (χ4n) is 3.89. The van der Waals surface area contributed by atoms with Gasteiger partial charge in [0.2, 0.25) is 0 Å². The van der Waals surface area contributed by atoms with Gasteiger partial charge in [-0.05, 0) is 25.2 Å². The lowest BCUT2D eigenvalue weighted by atomic mass is 9.83. The van der Waals surface area contributed by atoms with Crippen LogP contribution in [0.4, 0.5) is 0 Å². The third-order valence-corrected chi connectivity index (χ3v) is 8.25. The molecule has 1 saturated carbocycles. The molecule has 1 aliphatic rings. The van der Waals surface area contributed by atoms with Gasteiger partial charge < -0.3 is 51.9 Å². The molecule has 1 N–H and O–H groups in total. The Hall–Kier alpha value is -0.223. The van der Waals surface area contributed by atoms with Crippen LogP contribution in [0.25, 0.3) is 0 Å². The van der Waals surface area contributed by atoms with E-state index in [1.807, 2.05) is 0 Å². The lowest BCUT2D eigenvalue weighted by Gasteiger charge is -2.37. The van der Waals surface area contributed by atoms with E-state index in [2.05, 4.69) is 0 Å². The molecule has 12 heteroatoms. The highest BCUT2D eigenvalue weighted by atomic mass is 28.3. The molecule has 0 aliphatic heterocycles. The summed E-state index contributed by atoms with van der Waals surface area (Å²) in [5, 5.41) is 10.8. The minimum absolute atomic E-state index is 0.116. The Kier molecular flexibility index (Phi) is 21.3. The molecule has 0 bridgehead atoms. The molecule has 11 nitrogen and oxygen atoms in total. The van der Waals surface area contributed by atoms with Gasteiger partial charge >= 0.3 is 9.28 Å². The quantitative estimate of drug-likeness (QED) is 0.102. The summed E-state index contributed by atoms with van der Waals surface area (Å²) >= 11 is 0. The lowest BCUT2D eigenvalue weighted by molar-refractivity contribution is -0.230. The standard InChI is InChI=1S/C24H50O11Si/c1-26-9-12-30-15-18-33-24(25)7-5-22(6-8-24)21-23(29-4)36(34-19-16-31-13-10-27-2)35-20-17-32-14-11-28-3/h22-23,25,36H,5-21H2,1-4H3. The van der Waals surface area contributed by atoms with Crippen molar-refractivity contribution in [1.29, 1.82) is 0 Å². The fourth-order valence-corrected chi connectivity index (χ4v) is 5.90. The van der Waals surface area contributed by atoms with Crippen LogP contribution in [0.2, 0.25) is 0 Å². The Morgan fingerprint density at radius 1 is 0.667 bits per heavy atom. The second kappa shape index (κ2) is 22.7. The molecular weight excluding hydrogens is 492 g/mol. The van der Waals surface area contributed by atoms with Gasteiger partial charge in [0.05, 0.1) is 85.0 Å². The highest BCUT2D eigenvalue weighted by Crippen LogP contribution is 2.35. The molecule has 0 radical (unpaired) electrons. The number of methoxy groups -OCH3 is 4. The van der Waals surface area contributed by atoms with Crippen molar-refractivity contribution in [1.82, 2.24) is 0 Å². The molecule has 1 atom stereocenters. The summed E-state index contributed by atoms with van der Waals surface area (Å²) in [6.07, 6.45) is 3.69. The van der Waals surface area contributed by atoms with Crippen molar-refractivity contribution in [2.45, 2.75) is 43.6 Å². The molecule has 0 heterocycles. The molecule has 0 aromatic carbocycles. The van der Waals surface area contributed by atoms with E-state index in [-0.39, 0.29) is 5.73 Å². The van der Waals surface area contributed by atoms with E-state index in [0.717, 1.165) is 19.3 Å². The zero-order valence-corrected chi connectivity index (χ0v) is 23.9. The van der Waals surface area contributed by atoms with Crippen LogP contribution >= 0.6 is 0 Å². The Morgan fingerprint density at radius 2 is 1.11 bits per heavy atom. The summed E-state index contributed by atoms with van der Waals surface area (Å²) < 4.78 is 55.2. The predicted molar refractivity (Wildman–Crippen MR) is 135 cm³/mol. The van der Waals surface area contributed by atoms with Gasteiger partial charge in [-0.1, -0.05) is 0 Å². The van der Waals surface area contributed by atoms with Crippen molar-refractivity contribution >= 4 is 9.28 Å².